The third-order valence-electron chi connectivity index (χ3n) is 5.43. The number of rotatable bonds is 5. The second-order valence-corrected chi connectivity index (χ2v) is 10.4. The van der Waals surface area contributed by atoms with Crippen molar-refractivity contribution in [3.8, 4) is 0 Å². The fourth-order valence-electron chi connectivity index (χ4n) is 3.69. The summed E-state index contributed by atoms with van der Waals surface area (Å²) < 4.78 is 70.0. The van der Waals surface area contributed by atoms with E-state index in [-0.39, 0.29) is 17.4 Å². The van der Waals surface area contributed by atoms with Crippen LogP contribution < -0.4 is 5.48 Å². The monoisotopic (exact) mass is 570 g/mol. The van der Waals surface area contributed by atoms with Crippen LogP contribution in [0, 0.1) is 0 Å². The number of alkyl halides is 3. The quantitative estimate of drug-likeness (QED) is 0.241. The molecule has 0 radical (unpaired) electrons. The second kappa shape index (κ2) is 10.7. The predicted molar refractivity (Wildman–Crippen MR) is 135 cm³/mol. The number of hydrogen-bond donors (Lipinski definition) is 1. The average Bonchev–Trinajstić information content (AvgIpc) is 3.29. The number of hydroxylamine groups is 1. The lowest BCUT2D eigenvalue weighted by Gasteiger charge is -2.19. The Labute approximate surface area is 221 Å². The van der Waals surface area contributed by atoms with Crippen LogP contribution in [-0.2, 0) is 21.0 Å². The Morgan fingerprint density at radius 3 is 2.27 bits per heavy atom. The van der Waals surface area contributed by atoms with Crippen LogP contribution in [0.15, 0.2) is 87.2 Å². The van der Waals surface area contributed by atoms with Gasteiger partial charge in [0.05, 0.1) is 29.8 Å². The van der Waals surface area contributed by atoms with Gasteiger partial charge in [0.25, 0.3) is 16.0 Å². The van der Waals surface area contributed by atoms with Crippen LogP contribution in [-0.4, -0.2) is 38.8 Å². The summed E-state index contributed by atoms with van der Waals surface area (Å²) in [6.45, 7) is -0.0232. The summed E-state index contributed by atoms with van der Waals surface area (Å²) >= 11 is 11.9. The van der Waals surface area contributed by atoms with Crippen LogP contribution in [0.5, 0.6) is 0 Å². The first kappa shape index (κ1) is 26.9. The Hall–Kier alpha value is -3.12. The Kier molecular flexibility index (Phi) is 7.79. The number of nitrogens with one attached hydrogen (secondary N) is 1. The maximum Gasteiger partial charge on any atom is 0.416 e. The minimum atomic E-state index is -4.54. The molecule has 0 bridgehead atoms. The van der Waals surface area contributed by atoms with Crippen molar-refractivity contribution in [1.82, 2.24) is 10.5 Å². The van der Waals surface area contributed by atoms with E-state index in [0.717, 1.165) is 12.1 Å². The molecule has 0 fully saturated rings. The molecule has 0 aromatic heterocycles. The zero-order chi connectivity index (χ0) is 26.8. The molecular weight excluding hydrogens is 552 g/mol. The third kappa shape index (κ3) is 6.24. The summed E-state index contributed by atoms with van der Waals surface area (Å²) in [5, 5.41) is 6.55. The average molecular weight is 571 g/mol. The molecule has 1 atom stereocenters. The molecule has 0 saturated heterocycles. The highest BCUT2D eigenvalue weighted by atomic mass is 35.5. The van der Waals surface area contributed by atoms with Gasteiger partial charge in [-0.3, -0.25) is 4.84 Å². The molecule has 37 heavy (non-hydrogen) atoms. The molecule has 0 saturated carbocycles. The third-order valence-corrected chi connectivity index (χ3v) is 7.21. The lowest BCUT2D eigenvalue weighted by molar-refractivity contribution is -0.137. The highest BCUT2D eigenvalue weighted by molar-refractivity contribution is 7.90. The number of nitrogens with zero attached hydrogens (tertiary/aromatic N) is 3. The van der Waals surface area contributed by atoms with Crippen LogP contribution in [0.4, 0.5) is 13.2 Å². The van der Waals surface area contributed by atoms with E-state index in [9.17, 15) is 21.6 Å². The lowest BCUT2D eigenvalue weighted by atomic mass is 9.89. The van der Waals surface area contributed by atoms with Crippen molar-refractivity contribution in [3.05, 3.63) is 99.5 Å². The van der Waals surface area contributed by atoms with Crippen molar-refractivity contribution in [2.45, 2.75) is 17.0 Å². The van der Waals surface area contributed by atoms with Gasteiger partial charge in [-0.2, -0.15) is 26.7 Å². The fourth-order valence-corrected chi connectivity index (χ4v) is 4.89. The van der Waals surface area contributed by atoms with E-state index in [1.165, 1.54) is 42.5 Å². The van der Waals surface area contributed by atoms with Crippen molar-refractivity contribution >= 4 is 44.9 Å². The second-order valence-electron chi connectivity index (χ2n) is 7.90. The molecule has 7 nitrogen and oxygen atoms in total. The highest BCUT2D eigenvalue weighted by Crippen LogP contribution is 2.34. The summed E-state index contributed by atoms with van der Waals surface area (Å²) in [5.74, 6) is -0.941. The minimum Gasteiger partial charge on any atom is -0.277 e. The van der Waals surface area contributed by atoms with E-state index >= 15 is 0 Å². The summed E-state index contributed by atoms with van der Waals surface area (Å²) in [5.41, 5.74) is 2.92. The molecule has 0 aliphatic carbocycles. The molecular formula is C24H19Cl2F3N4O3S. The number of guanidine groups is 1. The van der Waals surface area contributed by atoms with Crippen molar-refractivity contribution < 1.29 is 26.4 Å². The maximum atomic E-state index is 13.4. The molecule has 1 heterocycles. The molecule has 13 heteroatoms. The van der Waals surface area contributed by atoms with E-state index < -0.39 is 27.7 Å². The Morgan fingerprint density at radius 1 is 1.05 bits per heavy atom. The van der Waals surface area contributed by atoms with Gasteiger partial charge in [-0.15, -0.1) is 4.40 Å². The van der Waals surface area contributed by atoms with Gasteiger partial charge in [0, 0.05) is 16.0 Å². The van der Waals surface area contributed by atoms with Crippen molar-refractivity contribution in [3.63, 3.8) is 0 Å². The molecule has 3 aromatic rings. The number of benzene rings is 3. The largest absolute Gasteiger partial charge is 0.416 e. The van der Waals surface area contributed by atoms with Gasteiger partial charge in [-0.05, 0) is 53.6 Å². The molecule has 194 valence electrons. The van der Waals surface area contributed by atoms with Gasteiger partial charge >= 0.3 is 6.18 Å². The Morgan fingerprint density at radius 2 is 1.68 bits per heavy atom. The zero-order valence-corrected chi connectivity index (χ0v) is 21.4. The maximum absolute atomic E-state index is 13.4. The minimum absolute atomic E-state index is 0.0232. The molecule has 0 amide bonds. The van der Waals surface area contributed by atoms with Gasteiger partial charge in [-0.25, -0.2) is 10.5 Å². The highest BCUT2D eigenvalue weighted by Gasteiger charge is 2.35. The van der Waals surface area contributed by atoms with Crippen LogP contribution >= 0.6 is 23.2 Å². The molecule has 3 aromatic carbocycles. The van der Waals surface area contributed by atoms with Crippen molar-refractivity contribution in [2.24, 2.45) is 9.50 Å². The Bertz CT molecular complexity index is 1450. The van der Waals surface area contributed by atoms with E-state index in [0.29, 0.717) is 26.9 Å². The first-order valence-electron chi connectivity index (χ1n) is 10.7. The first-order valence-corrected chi connectivity index (χ1v) is 12.9. The van der Waals surface area contributed by atoms with E-state index in [1.54, 1.807) is 30.3 Å². The standard InChI is InChI=1S/C24H19Cl2F3N4O3S/c1-36-31-23(32-37(34,35)20-11-9-19(26)10-12-20)33-14-21(16-3-2-4-17(13-16)24(27,28)29)22(30-33)15-5-7-18(25)8-6-15/h2-13,21H,14H2,1H3,(H,31,32). The summed E-state index contributed by atoms with van der Waals surface area (Å²) in [6, 6.07) is 16.9. The zero-order valence-electron chi connectivity index (χ0n) is 19.1. The summed E-state index contributed by atoms with van der Waals surface area (Å²) in [7, 11) is -2.96. The smallest absolute Gasteiger partial charge is 0.277 e. The number of halogens is 5. The molecule has 1 N–H and O–H groups in total. The van der Waals surface area contributed by atoms with Crippen molar-refractivity contribution in [1.29, 1.82) is 0 Å². The Balaban J connectivity index is 1.78. The van der Waals surface area contributed by atoms with Crippen LogP contribution in [0.3, 0.4) is 0 Å². The van der Waals surface area contributed by atoms with Gasteiger partial charge in [-0.1, -0.05) is 53.5 Å². The van der Waals surface area contributed by atoms with Crippen LogP contribution in [0.2, 0.25) is 10.0 Å². The number of sulfonamides is 1. The predicted octanol–water partition coefficient (Wildman–Crippen LogP) is 5.71. The van der Waals surface area contributed by atoms with Crippen LogP contribution in [0.1, 0.15) is 22.6 Å². The fraction of sp³-hybridized carbons (Fsp3) is 0.167. The number of hydrazone groups is 1. The normalized spacial score (nSPS) is 16.6. The summed E-state index contributed by atoms with van der Waals surface area (Å²) in [6.07, 6.45) is -4.54. The number of hydrogen-bond acceptors (Lipinski definition) is 4. The van der Waals surface area contributed by atoms with E-state index in [4.69, 9.17) is 28.0 Å². The van der Waals surface area contributed by atoms with Gasteiger partial charge in [0.1, 0.15) is 0 Å². The van der Waals surface area contributed by atoms with E-state index in [1.807, 2.05) is 0 Å². The topological polar surface area (TPSA) is 83.4 Å². The van der Waals surface area contributed by atoms with Gasteiger partial charge in [0.2, 0.25) is 0 Å². The molecule has 4 rings (SSSR count). The van der Waals surface area contributed by atoms with Gasteiger partial charge < -0.3 is 0 Å². The molecule has 1 unspecified atom stereocenters. The first-order chi connectivity index (χ1) is 17.5. The molecule has 1 aliphatic heterocycles. The summed E-state index contributed by atoms with van der Waals surface area (Å²) in [4.78, 5) is 4.81. The lowest BCUT2D eigenvalue weighted by Crippen LogP contribution is -2.38. The molecule has 1 aliphatic rings. The van der Waals surface area contributed by atoms with Gasteiger partial charge in [0.15, 0.2) is 0 Å². The van der Waals surface area contributed by atoms with Crippen LogP contribution in [0.25, 0.3) is 0 Å². The van der Waals surface area contributed by atoms with E-state index in [2.05, 4.69) is 15.0 Å². The SMILES string of the molecule is CONC(=NS(=O)(=O)c1ccc(Cl)cc1)N1CC(c2cccc(C(F)(F)F)c2)C(c2ccc(Cl)cc2)=N1. The molecule has 0 spiro atoms. The van der Waals surface area contributed by atoms with Crippen molar-refractivity contribution in [2.75, 3.05) is 13.7 Å².